The molecule has 1 aromatic heterocycles. The third-order valence-corrected chi connectivity index (χ3v) is 7.72. The van der Waals surface area contributed by atoms with Crippen molar-refractivity contribution in [3.63, 3.8) is 0 Å². The van der Waals surface area contributed by atoms with E-state index in [9.17, 15) is 26.4 Å². The molecule has 4 rings (SSSR count). The van der Waals surface area contributed by atoms with Gasteiger partial charge < -0.3 is 24.4 Å². The van der Waals surface area contributed by atoms with E-state index in [1.165, 1.54) is 42.8 Å². The van der Waals surface area contributed by atoms with Crippen LogP contribution in [0, 0.1) is 0 Å². The molecule has 10 nitrogen and oxygen atoms in total. The molecule has 15 heteroatoms. The second-order valence-corrected chi connectivity index (χ2v) is 10.3. The van der Waals surface area contributed by atoms with Gasteiger partial charge in [0.1, 0.15) is 11.5 Å². The summed E-state index contributed by atoms with van der Waals surface area (Å²) in [4.78, 5) is 19.3. The molecule has 1 saturated heterocycles. The number of hydrogen-bond donors (Lipinski definition) is 2. The molecule has 0 bridgehead atoms. The summed E-state index contributed by atoms with van der Waals surface area (Å²) < 4.78 is 74.2. The fourth-order valence-corrected chi connectivity index (χ4v) is 5.86. The van der Waals surface area contributed by atoms with Crippen molar-refractivity contribution < 1.29 is 41.0 Å². The maximum Gasteiger partial charge on any atom is 0.573 e. The normalized spacial score (nSPS) is 14.4. The summed E-state index contributed by atoms with van der Waals surface area (Å²) in [5.41, 5.74) is 0.756. The van der Waals surface area contributed by atoms with E-state index in [-0.39, 0.29) is 27.8 Å². The number of hydrogen-bond acceptors (Lipinski definition) is 9. The van der Waals surface area contributed by atoms with Gasteiger partial charge in [-0.05, 0) is 42.5 Å². The van der Waals surface area contributed by atoms with E-state index in [1.807, 2.05) is 9.80 Å². The number of ether oxygens (including phenoxy) is 2. The topological polar surface area (TPSA) is 121 Å². The Morgan fingerprint density at radius 2 is 1.73 bits per heavy atom. The van der Waals surface area contributed by atoms with E-state index in [0.29, 0.717) is 31.3 Å². The van der Waals surface area contributed by atoms with Crippen LogP contribution in [-0.2, 0) is 10.0 Å². The van der Waals surface area contributed by atoms with Crippen molar-refractivity contribution in [3.8, 4) is 11.5 Å². The first-order valence-corrected chi connectivity index (χ1v) is 13.1. The van der Waals surface area contributed by atoms with Crippen LogP contribution < -0.4 is 24.0 Å². The van der Waals surface area contributed by atoms with Crippen molar-refractivity contribution in [3.05, 3.63) is 53.4 Å². The molecule has 1 fully saturated rings. The van der Waals surface area contributed by atoms with Crippen LogP contribution in [0.5, 0.6) is 11.5 Å². The molecule has 0 aliphatic carbocycles. The van der Waals surface area contributed by atoms with Gasteiger partial charge in [-0.2, -0.15) is 8.42 Å². The number of aromatic carboxylic acids is 1. The van der Waals surface area contributed by atoms with Crippen LogP contribution in [0.25, 0.3) is 0 Å². The zero-order valence-corrected chi connectivity index (χ0v) is 20.9. The van der Waals surface area contributed by atoms with Crippen LogP contribution in [0.3, 0.4) is 0 Å². The Hall–Kier alpha value is -3.72. The van der Waals surface area contributed by atoms with Gasteiger partial charge in [-0.1, -0.05) is 0 Å². The van der Waals surface area contributed by atoms with Crippen molar-refractivity contribution in [1.82, 2.24) is 4.98 Å². The number of methoxy groups -OCH3 is 1. The van der Waals surface area contributed by atoms with E-state index in [0.717, 1.165) is 17.0 Å². The molecule has 0 saturated carbocycles. The number of rotatable bonds is 8. The lowest BCUT2D eigenvalue weighted by Crippen LogP contribution is -2.46. The number of benzene rings is 2. The van der Waals surface area contributed by atoms with Gasteiger partial charge >= 0.3 is 12.3 Å². The predicted molar refractivity (Wildman–Crippen MR) is 130 cm³/mol. The molecule has 198 valence electrons. The molecule has 0 spiro atoms. The van der Waals surface area contributed by atoms with Crippen molar-refractivity contribution in [2.75, 3.05) is 47.8 Å². The minimum absolute atomic E-state index is 0.0491. The number of alkyl halides is 3. The molecule has 3 aromatic rings. The average Bonchev–Trinajstić information content (AvgIpc) is 3.35. The monoisotopic (exact) mass is 558 g/mol. The quantitative estimate of drug-likeness (QED) is 0.424. The zero-order valence-electron chi connectivity index (χ0n) is 19.2. The minimum Gasteiger partial charge on any atom is -0.495 e. The molecule has 2 aromatic carbocycles. The van der Waals surface area contributed by atoms with Gasteiger partial charge in [0.15, 0.2) is 10.2 Å². The lowest BCUT2D eigenvalue weighted by molar-refractivity contribution is -0.274. The fourth-order valence-electron chi connectivity index (χ4n) is 3.64. The van der Waals surface area contributed by atoms with Crippen LogP contribution in [0.1, 0.15) is 10.4 Å². The lowest BCUT2D eigenvalue weighted by Gasteiger charge is -2.36. The van der Waals surface area contributed by atoms with Crippen LogP contribution in [0.15, 0.2) is 52.9 Å². The van der Waals surface area contributed by atoms with E-state index in [4.69, 9.17) is 9.84 Å². The number of sulfonamides is 1. The molecule has 0 unspecified atom stereocenters. The molecular formula is C22H21F3N4O6S2. The molecule has 0 atom stereocenters. The molecule has 0 radical (unpaired) electrons. The Labute approximate surface area is 213 Å². The number of anilines is 3. The van der Waals surface area contributed by atoms with Crippen molar-refractivity contribution in [2.24, 2.45) is 0 Å². The van der Waals surface area contributed by atoms with Crippen LogP contribution in [-0.4, -0.2) is 64.1 Å². The summed E-state index contributed by atoms with van der Waals surface area (Å²) in [6.45, 7) is 2.14. The van der Waals surface area contributed by atoms with Gasteiger partial charge in [0.2, 0.25) is 0 Å². The first kappa shape index (κ1) is 26.3. The first-order valence-electron chi connectivity index (χ1n) is 10.7. The van der Waals surface area contributed by atoms with Crippen LogP contribution in [0.4, 0.5) is 29.7 Å². The fraction of sp³-hybridized carbons (Fsp3) is 0.273. The number of carboxylic acids is 1. The lowest BCUT2D eigenvalue weighted by atomic mass is 10.2. The molecule has 37 heavy (non-hydrogen) atoms. The first-order chi connectivity index (χ1) is 17.4. The summed E-state index contributed by atoms with van der Waals surface area (Å²) >= 11 is 1.16. The average molecular weight is 559 g/mol. The van der Waals surface area contributed by atoms with E-state index in [2.05, 4.69) is 14.4 Å². The van der Waals surface area contributed by atoms with Crippen molar-refractivity contribution in [1.29, 1.82) is 0 Å². The second kappa shape index (κ2) is 10.3. The van der Waals surface area contributed by atoms with Gasteiger partial charge in [0.25, 0.3) is 10.0 Å². The van der Waals surface area contributed by atoms with Gasteiger partial charge in [0, 0.05) is 37.2 Å². The summed E-state index contributed by atoms with van der Waals surface area (Å²) in [6, 6.07) is 9.37. The second-order valence-electron chi connectivity index (χ2n) is 7.81. The number of nitrogens with zero attached hydrogens (tertiary/aromatic N) is 3. The number of carboxylic acid groups (broad SMARTS) is 1. The van der Waals surface area contributed by atoms with Crippen molar-refractivity contribution >= 4 is 43.8 Å². The Morgan fingerprint density at radius 1 is 1.08 bits per heavy atom. The largest absolute Gasteiger partial charge is 0.573 e. The van der Waals surface area contributed by atoms with E-state index in [1.54, 1.807) is 12.1 Å². The number of halogens is 3. The highest BCUT2D eigenvalue weighted by Crippen LogP contribution is 2.31. The van der Waals surface area contributed by atoms with Gasteiger partial charge in [-0.15, -0.1) is 24.5 Å². The number of thiazole rings is 1. The number of carbonyl (C=O) groups is 1. The molecule has 2 heterocycles. The smallest absolute Gasteiger partial charge is 0.495 e. The number of piperazine rings is 1. The molecular weight excluding hydrogens is 537 g/mol. The standard InChI is InChI=1S/C22H21F3N4O6S2/c1-34-18-12-14(20(30)31)2-7-17(18)27-37(32,33)19-13-36-21(26-19)29-10-8-28(9-11-29)15-3-5-16(6-4-15)35-22(23,24)25/h2-7,12-13,27H,8-11H2,1H3,(H,30,31). The summed E-state index contributed by atoms with van der Waals surface area (Å²) in [7, 11) is -2.78. The predicted octanol–water partition coefficient (Wildman–Crippen LogP) is 3.88. The van der Waals surface area contributed by atoms with Crippen LogP contribution in [0.2, 0.25) is 0 Å². The molecule has 1 aliphatic heterocycles. The van der Waals surface area contributed by atoms with E-state index >= 15 is 0 Å². The Morgan fingerprint density at radius 3 is 2.32 bits per heavy atom. The SMILES string of the molecule is COc1cc(C(=O)O)ccc1NS(=O)(=O)c1csc(N2CCN(c3ccc(OC(F)(F)F)cc3)CC2)n1. The third kappa shape index (κ3) is 6.35. The van der Waals surface area contributed by atoms with Gasteiger partial charge in [-0.3, -0.25) is 4.72 Å². The zero-order chi connectivity index (χ0) is 26.8. The number of aromatic nitrogens is 1. The maximum atomic E-state index is 12.9. The molecule has 0 amide bonds. The van der Waals surface area contributed by atoms with Crippen molar-refractivity contribution in [2.45, 2.75) is 11.4 Å². The number of nitrogens with one attached hydrogen (secondary N) is 1. The maximum absolute atomic E-state index is 12.9. The highest BCUT2D eigenvalue weighted by atomic mass is 32.2. The molecule has 2 N–H and O–H groups in total. The Bertz CT molecular complexity index is 1370. The summed E-state index contributed by atoms with van der Waals surface area (Å²) in [6.07, 6.45) is -4.75. The summed E-state index contributed by atoms with van der Waals surface area (Å²) in [5, 5.41) is 10.8. The van der Waals surface area contributed by atoms with Crippen LogP contribution >= 0.6 is 11.3 Å². The highest BCUT2D eigenvalue weighted by Gasteiger charge is 2.31. The third-order valence-electron chi connectivity index (χ3n) is 5.42. The minimum atomic E-state index is -4.75. The molecule has 1 aliphatic rings. The Balaban J connectivity index is 1.39. The van der Waals surface area contributed by atoms with Gasteiger partial charge in [-0.25, -0.2) is 9.78 Å². The summed E-state index contributed by atoms with van der Waals surface area (Å²) in [5.74, 6) is -1.42. The highest BCUT2D eigenvalue weighted by molar-refractivity contribution is 7.92. The Kier molecular flexibility index (Phi) is 7.36. The van der Waals surface area contributed by atoms with E-state index < -0.39 is 22.4 Å². The van der Waals surface area contributed by atoms with Gasteiger partial charge in [0.05, 0.1) is 18.4 Å².